The number of piperidine rings is 1. The monoisotopic (exact) mass is 510 g/mol. The van der Waals surface area contributed by atoms with Gasteiger partial charge in [-0.15, -0.1) is 13.2 Å². The van der Waals surface area contributed by atoms with E-state index in [4.69, 9.17) is 9.47 Å². The van der Waals surface area contributed by atoms with Gasteiger partial charge < -0.3 is 24.0 Å². The Morgan fingerprint density at radius 3 is 2.42 bits per heavy atom. The van der Waals surface area contributed by atoms with E-state index in [0.717, 1.165) is 38.9 Å². The van der Waals surface area contributed by atoms with Crippen LogP contribution in [0.15, 0.2) is 22.7 Å². The van der Waals surface area contributed by atoms with Crippen molar-refractivity contribution in [2.45, 2.75) is 58.0 Å². The van der Waals surface area contributed by atoms with Crippen molar-refractivity contribution in [3.05, 3.63) is 22.7 Å². The summed E-state index contributed by atoms with van der Waals surface area (Å²) in [5.74, 6) is 0.165. The fraction of sp³-hybridized carbons (Fsp3) is 0.667. The third-order valence-corrected chi connectivity index (χ3v) is 5.42. The van der Waals surface area contributed by atoms with Gasteiger partial charge in [-0.2, -0.15) is 0 Å². The molecule has 0 spiro atoms. The Balaban J connectivity index is 1.69. The first kappa shape index (κ1) is 25.6. The number of alkyl halides is 3. The molecule has 31 heavy (non-hydrogen) atoms. The minimum absolute atomic E-state index is 0.163. The second-order valence-corrected chi connectivity index (χ2v) is 9.36. The molecule has 0 atom stereocenters. The van der Waals surface area contributed by atoms with Gasteiger partial charge in [0.25, 0.3) is 0 Å². The largest absolute Gasteiger partial charge is 0.573 e. The van der Waals surface area contributed by atoms with Crippen LogP contribution in [0.3, 0.4) is 0 Å². The number of carbonyl (C=O) groups excluding carboxylic acids is 1. The van der Waals surface area contributed by atoms with Crippen LogP contribution < -0.4 is 9.47 Å². The number of likely N-dealkylation sites (tertiary alicyclic amines) is 1. The highest BCUT2D eigenvalue weighted by Crippen LogP contribution is 2.32. The number of benzene rings is 1. The maximum atomic E-state index is 12.3. The van der Waals surface area contributed by atoms with Gasteiger partial charge in [-0.3, -0.25) is 0 Å². The van der Waals surface area contributed by atoms with Crippen LogP contribution in [0.1, 0.15) is 40.0 Å². The smallest absolute Gasteiger partial charge is 0.492 e. The predicted molar refractivity (Wildman–Crippen MR) is 114 cm³/mol. The van der Waals surface area contributed by atoms with E-state index in [-0.39, 0.29) is 17.9 Å². The summed E-state index contributed by atoms with van der Waals surface area (Å²) in [6, 6.07) is 4.06. The van der Waals surface area contributed by atoms with Gasteiger partial charge in [0.1, 0.15) is 17.1 Å². The van der Waals surface area contributed by atoms with Gasteiger partial charge in [-0.1, -0.05) is 0 Å². The molecule has 1 heterocycles. The van der Waals surface area contributed by atoms with E-state index in [1.807, 2.05) is 20.8 Å². The number of hydrogen-bond acceptors (Lipinski definition) is 5. The zero-order valence-electron chi connectivity index (χ0n) is 18.3. The van der Waals surface area contributed by atoms with E-state index in [0.29, 0.717) is 16.8 Å². The summed E-state index contributed by atoms with van der Waals surface area (Å²) in [4.78, 5) is 16.2. The molecule has 1 saturated heterocycles. The summed E-state index contributed by atoms with van der Waals surface area (Å²) in [7, 11) is 1.78. The van der Waals surface area contributed by atoms with Crippen molar-refractivity contribution in [2.24, 2.45) is 0 Å². The second kappa shape index (κ2) is 10.8. The highest BCUT2D eigenvalue weighted by Gasteiger charge is 2.31. The first-order valence-corrected chi connectivity index (χ1v) is 11.0. The van der Waals surface area contributed by atoms with E-state index in [9.17, 15) is 18.0 Å². The molecule has 1 amide bonds. The molecule has 1 aromatic rings. The van der Waals surface area contributed by atoms with Crippen molar-refractivity contribution >= 4 is 22.0 Å². The maximum Gasteiger partial charge on any atom is 0.573 e. The van der Waals surface area contributed by atoms with Crippen LogP contribution in [0.4, 0.5) is 18.0 Å². The first-order chi connectivity index (χ1) is 14.3. The van der Waals surface area contributed by atoms with Gasteiger partial charge in [-0.05, 0) is 74.2 Å². The molecule has 10 heteroatoms. The first-order valence-electron chi connectivity index (χ1n) is 10.2. The lowest BCUT2D eigenvalue weighted by Gasteiger charge is -2.37. The van der Waals surface area contributed by atoms with E-state index in [1.165, 1.54) is 18.2 Å². The van der Waals surface area contributed by atoms with Crippen molar-refractivity contribution in [2.75, 3.05) is 33.3 Å². The maximum absolute atomic E-state index is 12.3. The summed E-state index contributed by atoms with van der Waals surface area (Å²) < 4.78 is 52.2. The van der Waals surface area contributed by atoms with E-state index in [2.05, 4.69) is 25.6 Å². The van der Waals surface area contributed by atoms with Crippen LogP contribution in [-0.4, -0.2) is 67.2 Å². The van der Waals surface area contributed by atoms with Gasteiger partial charge in [0.05, 0.1) is 11.1 Å². The number of ether oxygens (including phenoxy) is 3. The topological polar surface area (TPSA) is 51.2 Å². The third-order valence-electron chi connectivity index (χ3n) is 4.80. The molecule has 6 nitrogen and oxygen atoms in total. The van der Waals surface area contributed by atoms with Gasteiger partial charge >= 0.3 is 12.5 Å². The van der Waals surface area contributed by atoms with E-state index >= 15 is 0 Å². The van der Waals surface area contributed by atoms with Crippen LogP contribution in [0.5, 0.6) is 11.5 Å². The minimum Gasteiger partial charge on any atom is -0.492 e. The van der Waals surface area contributed by atoms with Crippen molar-refractivity contribution in [1.29, 1.82) is 0 Å². The van der Waals surface area contributed by atoms with Crippen LogP contribution in [-0.2, 0) is 4.74 Å². The molecule has 2 rings (SSSR count). The molecule has 0 unspecified atom stereocenters. The van der Waals surface area contributed by atoms with Crippen LogP contribution in [0.25, 0.3) is 0 Å². The lowest BCUT2D eigenvalue weighted by molar-refractivity contribution is -0.274. The lowest BCUT2D eigenvalue weighted by atomic mass is 10.0. The van der Waals surface area contributed by atoms with Crippen molar-refractivity contribution in [3.63, 3.8) is 0 Å². The molecule has 0 radical (unpaired) electrons. The fourth-order valence-corrected chi connectivity index (χ4v) is 3.75. The normalized spacial score (nSPS) is 16.1. The summed E-state index contributed by atoms with van der Waals surface area (Å²) in [5, 5.41) is 0. The summed E-state index contributed by atoms with van der Waals surface area (Å²) in [6.45, 7) is 8.60. The molecule has 1 fully saturated rings. The Kier molecular flexibility index (Phi) is 8.88. The second-order valence-electron chi connectivity index (χ2n) is 8.51. The Morgan fingerprint density at radius 1 is 1.23 bits per heavy atom. The molecule has 0 N–H and O–H groups in total. The van der Waals surface area contributed by atoms with Gasteiger partial charge in [-0.25, -0.2) is 4.79 Å². The average Bonchev–Trinajstić information content (AvgIpc) is 2.64. The lowest BCUT2D eigenvalue weighted by Crippen LogP contribution is -2.47. The molecule has 176 valence electrons. The Labute approximate surface area is 189 Å². The number of carbonyl (C=O) groups is 1. The van der Waals surface area contributed by atoms with Crippen molar-refractivity contribution in [1.82, 2.24) is 9.80 Å². The third kappa shape index (κ3) is 9.14. The predicted octanol–water partition coefficient (Wildman–Crippen LogP) is 5.45. The molecule has 0 aliphatic carbocycles. The average molecular weight is 511 g/mol. The Hall–Kier alpha value is -1.68. The Morgan fingerprint density at radius 2 is 1.87 bits per heavy atom. The number of amides is 1. The number of hydrogen-bond donors (Lipinski definition) is 0. The highest BCUT2D eigenvalue weighted by molar-refractivity contribution is 9.10. The molecule has 1 aromatic carbocycles. The van der Waals surface area contributed by atoms with E-state index in [1.54, 1.807) is 11.9 Å². The Bertz CT molecular complexity index is 732. The minimum atomic E-state index is -4.73. The van der Waals surface area contributed by atoms with Crippen molar-refractivity contribution < 1.29 is 32.2 Å². The van der Waals surface area contributed by atoms with Crippen LogP contribution in [0, 0.1) is 0 Å². The number of rotatable bonds is 7. The molecule has 0 aromatic heterocycles. The van der Waals surface area contributed by atoms with Gasteiger partial charge in [0.2, 0.25) is 0 Å². The SMILES string of the molecule is CN(C(=O)OC(C)(C)C)C1CCN(CCCOc2ccc(OC(F)(F)F)cc2Br)CC1. The zero-order valence-corrected chi connectivity index (χ0v) is 19.9. The molecule has 1 aliphatic rings. The van der Waals surface area contributed by atoms with Crippen LogP contribution in [0.2, 0.25) is 0 Å². The number of halogens is 4. The molecule has 1 aliphatic heterocycles. The van der Waals surface area contributed by atoms with Crippen molar-refractivity contribution in [3.8, 4) is 11.5 Å². The summed E-state index contributed by atoms with van der Waals surface area (Å²) in [6.07, 6.45) is -2.49. The van der Waals surface area contributed by atoms with Gasteiger partial charge in [0.15, 0.2) is 0 Å². The standard InChI is InChI=1S/C21H30BrF3N2O4/c1-20(2,3)31-19(28)26(4)15-8-11-27(12-9-15)10-5-13-29-18-7-6-16(14-17(18)22)30-21(23,24)25/h6-7,14-15H,5,8-13H2,1-4H3. The highest BCUT2D eigenvalue weighted by atomic mass is 79.9. The summed E-state index contributed by atoms with van der Waals surface area (Å²) >= 11 is 3.21. The summed E-state index contributed by atoms with van der Waals surface area (Å²) in [5.41, 5.74) is -0.507. The molecule has 0 saturated carbocycles. The molecular weight excluding hydrogens is 481 g/mol. The zero-order chi connectivity index (χ0) is 23.2. The van der Waals surface area contributed by atoms with Gasteiger partial charge in [0, 0.05) is 32.7 Å². The molecular formula is C21H30BrF3N2O4. The van der Waals surface area contributed by atoms with E-state index < -0.39 is 12.0 Å². The fourth-order valence-electron chi connectivity index (χ4n) is 3.28. The molecule has 0 bridgehead atoms. The van der Waals surface area contributed by atoms with Crippen LogP contribution >= 0.6 is 15.9 Å². The number of nitrogens with zero attached hydrogens (tertiary/aromatic N) is 2. The quantitative estimate of drug-likeness (QED) is 0.456.